The molecule has 5 heteroatoms. The Labute approximate surface area is 147 Å². The molecule has 0 radical (unpaired) electrons. The van der Waals surface area contributed by atoms with Crippen LogP contribution in [0.15, 0.2) is 42.7 Å². The molecule has 2 heterocycles. The van der Waals surface area contributed by atoms with E-state index in [2.05, 4.69) is 4.98 Å². The number of carbonyl (C=O) groups is 1. The molecule has 24 heavy (non-hydrogen) atoms. The number of piperidine rings is 1. The number of hydrogen-bond acceptors (Lipinski definition) is 3. The number of pyridine rings is 1. The highest BCUT2D eigenvalue weighted by molar-refractivity contribution is 6.33. The van der Waals surface area contributed by atoms with Crippen molar-refractivity contribution in [1.82, 2.24) is 9.88 Å². The van der Waals surface area contributed by atoms with Crippen LogP contribution in [0.3, 0.4) is 0 Å². The number of nitrogens with zero attached hydrogens (tertiary/aromatic N) is 2. The van der Waals surface area contributed by atoms with Gasteiger partial charge in [-0.3, -0.25) is 9.78 Å². The van der Waals surface area contributed by atoms with Gasteiger partial charge in [-0.05, 0) is 55.2 Å². The van der Waals surface area contributed by atoms with E-state index in [1.165, 1.54) is 0 Å². The summed E-state index contributed by atoms with van der Waals surface area (Å²) < 4.78 is 0. The summed E-state index contributed by atoms with van der Waals surface area (Å²) in [5.74, 6) is -0.0639. The fourth-order valence-electron chi connectivity index (χ4n) is 3.15. The Hall–Kier alpha value is -1.91. The largest absolute Gasteiger partial charge is 0.389 e. The quantitative estimate of drug-likeness (QED) is 0.929. The van der Waals surface area contributed by atoms with Crippen molar-refractivity contribution >= 4 is 17.5 Å². The molecule has 0 spiro atoms. The molecule has 4 nitrogen and oxygen atoms in total. The minimum atomic E-state index is -0.769. The van der Waals surface area contributed by atoms with Crippen molar-refractivity contribution in [1.29, 1.82) is 0 Å². The van der Waals surface area contributed by atoms with Crippen LogP contribution in [0, 0.1) is 6.92 Å². The zero-order chi connectivity index (χ0) is 17.2. The number of aromatic nitrogens is 1. The summed E-state index contributed by atoms with van der Waals surface area (Å²) in [5.41, 5.74) is 1.85. The maximum Gasteiger partial charge on any atom is 0.255 e. The highest BCUT2D eigenvalue weighted by Crippen LogP contribution is 2.28. The monoisotopic (exact) mass is 344 g/mol. The number of amides is 1. The predicted molar refractivity (Wildman–Crippen MR) is 94.2 cm³/mol. The van der Waals surface area contributed by atoms with E-state index >= 15 is 0 Å². The number of rotatable bonds is 3. The summed E-state index contributed by atoms with van der Waals surface area (Å²) in [4.78, 5) is 18.4. The fraction of sp³-hybridized carbons (Fsp3) is 0.368. The second-order valence-electron chi connectivity index (χ2n) is 6.53. The van der Waals surface area contributed by atoms with Crippen molar-refractivity contribution < 1.29 is 9.90 Å². The van der Waals surface area contributed by atoms with Crippen LogP contribution in [-0.2, 0) is 6.42 Å². The number of likely N-dealkylation sites (tertiary alicyclic amines) is 1. The standard InChI is InChI=1S/C19H21ClN2O2/c1-14-2-3-16(17(20)12-14)18(23)22-10-6-19(24,7-11-22)13-15-4-8-21-9-5-15/h2-5,8-9,12,24H,6-7,10-11,13H2,1H3. The van der Waals surface area contributed by atoms with Crippen LogP contribution in [0.1, 0.15) is 34.3 Å². The van der Waals surface area contributed by atoms with Gasteiger partial charge in [0, 0.05) is 31.9 Å². The van der Waals surface area contributed by atoms with Gasteiger partial charge in [0.2, 0.25) is 0 Å². The molecule has 0 bridgehead atoms. The van der Waals surface area contributed by atoms with Crippen LogP contribution in [0.5, 0.6) is 0 Å². The minimum absolute atomic E-state index is 0.0639. The van der Waals surface area contributed by atoms with E-state index in [0.29, 0.717) is 42.9 Å². The molecular formula is C19H21ClN2O2. The summed E-state index contributed by atoms with van der Waals surface area (Å²) in [6.45, 7) is 3.01. The van der Waals surface area contributed by atoms with Gasteiger partial charge in [0.15, 0.2) is 0 Å². The summed E-state index contributed by atoms with van der Waals surface area (Å²) in [7, 11) is 0. The van der Waals surface area contributed by atoms with Crippen molar-refractivity contribution in [3.8, 4) is 0 Å². The number of benzene rings is 1. The molecule has 0 saturated carbocycles. The van der Waals surface area contributed by atoms with Crippen molar-refractivity contribution in [2.24, 2.45) is 0 Å². The third-order valence-corrected chi connectivity index (χ3v) is 4.93. The molecule has 0 aliphatic carbocycles. The van der Waals surface area contributed by atoms with E-state index < -0.39 is 5.60 Å². The Morgan fingerprint density at radius 2 is 1.92 bits per heavy atom. The molecule has 1 N–H and O–H groups in total. The van der Waals surface area contributed by atoms with Crippen molar-refractivity contribution in [3.05, 3.63) is 64.4 Å². The molecule has 3 rings (SSSR count). The fourth-order valence-corrected chi connectivity index (χ4v) is 3.46. The van der Waals surface area contributed by atoms with Gasteiger partial charge >= 0.3 is 0 Å². The first-order chi connectivity index (χ1) is 11.5. The van der Waals surface area contributed by atoms with Crippen molar-refractivity contribution in [2.75, 3.05) is 13.1 Å². The molecule has 0 atom stereocenters. The lowest BCUT2D eigenvalue weighted by molar-refractivity contribution is -0.0162. The van der Waals surface area contributed by atoms with E-state index in [9.17, 15) is 9.90 Å². The Kier molecular flexibility index (Phi) is 4.88. The topological polar surface area (TPSA) is 53.4 Å². The lowest BCUT2D eigenvalue weighted by Gasteiger charge is -2.38. The van der Waals surface area contributed by atoms with E-state index in [0.717, 1.165) is 11.1 Å². The van der Waals surface area contributed by atoms with Crippen LogP contribution in [0.2, 0.25) is 5.02 Å². The zero-order valence-electron chi connectivity index (χ0n) is 13.7. The maximum absolute atomic E-state index is 12.7. The molecule has 1 aliphatic rings. The molecule has 1 fully saturated rings. The third-order valence-electron chi connectivity index (χ3n) is 4.62. The Morgan fingerprint density at radius 3 is 2.54 bits per heavy atom. The SMILES string of the molecule is Cc1ccc(C(=O)N2CCC(O)(Cc3ccncc3)CC2)c(Cl)c1. The lowest BCUT2D eigenvalue weighted by atomic mass is 9.85. The van der Waals surface area contributed by atoms with Crippen LogP contribution >= 0.6 is 11.6 Å². The Balaban J connectivity index is 1.65. The Morgan fingerprint density at radius 1 is 1.25 bits per heavy atom. The van der Waals surface area contributed by atoms with Crippen LogP contribution in [0.4, 0.5) is 0 Å². The predicted octanol–water partition coefficient (Wildman–Crippen LogP) is 3.25. The lowest BCUT2D eigenvalue weighted by Crippen LogP contribution is -2.47. The average Bonchev–Trinajstić information content (AvgIpc) is 2.55. The minimum Gasteiger partial charge on any atom is -0.389 e. The summed E-state index contributed by atoms with van der Waals surface area (Å²) in [5, 5.41) is 11.3. The van der Waals surface area contributed by atoms with E-state index in [1.807, 2.05) is 25.1 Å². The number of halogens is 1. The van der Waals surface area contributed by atoms with Gasteiger partial charge in [0.1, 0.15) is 0 Å². The van der Waals surface area contributed by atoms with E-state index in [4.69, 9.17) is 11.6 Å². The van der Waals surface area contributed by atoms with Gasteiger partial charge in [-0.2, -0.15) is 0 Å². The van der Waals surface area contributed by atoms with Crippen molar-refractivity contribution in [2.45, 2.75) is 31.8 Å². The molecule has 126 valence electrons. The average molecular weight is 345 g/mol. The number of carbonyl (C=O) groups excluding carboxylic acids is 1. The number of aryl methyl sites for hydroxylation is 1. The molecule has 0 unspecified atom stereocenters. The molecule has 1 aliphatic heterocycles. The second kappa shape index (κ2) is 6.91. The first kappa shape index (κ1) is 16.9. The van der Waals surface area contributed by atoms with Gasteiger partial charge in [-0.1, -0.05) is 17.7 Å². The smallest absolute Gasteiger partial charge is 0.255 e. The van der Waals surface area contributed by atoms with E-state index in [1.54, 1.807) is 29.4 Å². The summed E-state index contributed by atoms with van der Waals surface area (Å²) >= 11 is 6.20. The van der Waals surface area contributed by atoms with E-state index in [-0.39, 0.29) is 5.91 Å². The van der Waals surface area contributed by atoms with Crippen molar-refractivity contribution in [3.63, 3.8) is 0 Å². The Bertz CT molecular complexity index is 725. The molecule has 1 saturated heterocycles. The first-order valence-corrected chi connectivity index (χ1v) is 8.51. The normalized spacial score (nSPS) is 16.9. The maximum atomic E-state index is 12.7. The number of hydrogen-bond donors (Lipinski definition) is 1. The molecule has 1 amide bonds. The van der Waals surface area contributed by atoms with Crippen LogP contribution in [-0.4, -0.2) is 39.6 Å². The van der Waals surface area contributed by atoms with Gasteiger partial charge in [-0.25, -0.2) is 0 Å². The summed E-state index contributed by atoms with van der Waals surface area (Å²) in [6.07, 6.45) is 5.17. The highest BCUT2D eigenvalue weighted by Gasteiger charge is 2.34. The third kappa shape index (κ3) is 3.77. The number of aliphatic hydroxyl groups is 1. The van der Waals surface area contributed by atoms with Gasteiger partial charge in [0.25, 0.3) is 5.91 Å². The van der Waals surface area contributed by atoms with Gasteiger partial charge in [0.05, 0.1) is 16.2 Å². The zero-order valence-corrected chi connectivity index (χ0v) is 14.5. The first-order valence-electron chi connectivity index (χ1n) is 8.14. The van der Waals surface area contributed by atoms with Gasteiger partial charge in [-0.15, -0.1) is 0 Å². The van der Waals surface area contributed by atoms with Gasteiger partial charge < -0.3 is 10.0 Å². The summed E-state index contributed by atoms with van der Waals surface area (Å²) in [6, 6.07) is 9.31. The molecule has 2 aromatic rings. The second-order valence-corrected chi connectivity index (χ2v) is 6.94. The van der Waals surface area contributed by atoms with Crippen LogP contribution < -0.4 is 0 Å². The van der Waals surface area contributed by atoms with Crippen LogP contribution in [0.25, 0.3) is 0 Å². The highest BCUT2D eigenvalue weighted by atomic mass is 35.5. The molecular weight excluding hydrogens is 324 g/mol. The molecule has 1 aromatic carbocycles. The molecule has 1 aromatic heterocycles.